The summed E-state index contributed by atoms with van der Waals surface area (Å²) in [6, 6.07) is 15.0. The van der Waals surface area contributed by atoms with Crippen LogP contribution in [0, 0.1) is 6.92 Å². The first-order chi connectivity index (χ1) is 12.0. The van der Waals surface area contributed by atoms with Gasteiger partial charge in [-0.1, -0.05) is 41.4 Å². The molecule has 0 aliphatic carbocycles. The number of ether oxygens (including phenoxy) is 1. The van der Waals surface area contributed by atoms with E-state index < -0.39 is 0 Å². The van der Waals surface area contributed by atoms with Gasteiger partial charge in [0.25, 0.3) is 0 Å². The monoisotopic (exact) mass is 353 g/mol. The van der Waals surface area contributed by atoms with E-state index in [2.05, 4.69) is 0 Å². The van der Waals surface area contributed by atoms with Crippen molar-refractivity contribution in [2.24, 2.45) is 0 Å². The molecular formula is C20H16ClNO3. The number of hydrogen-bond acceptors (Lipinski definition) is 3. The second-order valence-corrected chi connectivity index (χ2v) is 6.75. The molecule has 0 spiro atoms. The molecule has 126 valence electrons. The summed E-state index contributed by atoms with van der Waals surface area (Å²) in [5.74, 6) is -0.728. The first-order valence-corrected chi connectivity index (χ1v) is 8.47. The van der Waals surface area contributed by atoms with E-state index >= 15 is 0 Å². The number of cyclic esters (lactones) is 1. The van der Waals surface area contributed by atoms with Gasteiger partial charge in [0.15, 0.2) is 0 Å². The second-order valence-electron chi connectivity index (χ2n) is 6.31. The third kappa shape index (κ3) is 2.72. The first kappa shape index (κ1) is 15.9. The summed E-state index contributed by atoms with van der Waals surface area (Å²) in [4.78, 5) is 26.9. The lowest BCUT2D eigenvalue weighted by atomic mass is 9.84. The summed E-state index contributed by atoms with van der Waals surface area (Å²) in [6.45, 7) is 2.11. The van der Waals surface area contributed by atoms with E-state index in [1.165, 1.54) is 0 Å². The van der Waals surface area contributed by atoms with Crippen molar-refractivity contribution < 1.29 is 14.3 Å². The Hall–Kier alpha value is -2.59. The molecule has 1 amide bonds. The number of nitrogens with zero attached hydrogens (tertiary/aromatic N) is 1. The van der Waals surface area contributed by atoms with Gasteiger partial charge < -0.3 is 4.74 Å². The van der Waals surface area contributed by atoms with E-state index in [-0.39, 0.29) is 30.8 Å². The minimum absolute atomic E-state index is 0.0501. The largest absolute Gasteiger partial charge is 0.456 e. The predicted octanol–water partition coefficient (Wildman–Crippen LogP) is 3.98. The Balaban J connectivity index is 1.83. The molecule has 0 bridgehead atoms. The average Bonchev–Trinajstić information content (AvgIpc) is 2.97. The Kier molecular flexibility index (Phi) is 3.85. The molecule has 2 aliphatic heterocycles. The number of amides is 1. The molecule has 2 aliphatic rings. The molecule has 0 fully saturated rings. The molecular weight excluding hydrogens is 338 g/mol. The molecule has 0 N–H and O–H groups in total. The van der Waals surface area contributed by atoms with Crippen LogP contribution in [0.15, 0.2) is 59.8 Å². The number of esters is 1. The molecule has 25 heavy (non-hydrogen) atoms. The summed E-state index contributed by atoms with van der Waals surface area (Å²) in [5, 5.41) is 0.583. The van der Waals surface area contributed by atoms with Crippen LogP contribution >= 0.6 is 11.6 Å². The van der Waals surface area contributed by atoms with Crippen LogP contribution in [0.2, 0.25) is 5.02 Å². The fourth-order valence-electron chi connectivity index (χ4n) is 3.46. The normalized spacial score (nSPS) is 19.9. The Morgan fingerprint density at radius 2 is 1.88 bits per heavy atom. The van der Waals surface area contributed by atoms with Crippen LogP contribution in [0.3, 0.4) is 0 Å². The Morgan fingerprint density at radius 1 is 1.12 bits per heavy atom. The minimum atomic E-state index is -0.357. The summed E-state index contributed by atoms with van der Waals surface area (Å²) in [5.41, 5.74) is 3.91. The van der Waals surface area contributed by atoms with Gasteiger partial charge in [0.1, 0.15) is 6.61 Å². The SMILES string of the molecule is Cc1ccc(N2C(=O)C[C@@H](c3cccc(Cl)c3)C3=C2COC3=O)cc1. The van der Waals surface area contributed by atoms with E-state index in [4.69, 9.17) is 16.3 Å². The van der Waals surface area contributed by atoms with Gasteiger partial charge in [0.2, 0.25) is 5.91 Å². The van der Waals surface area contributed by atoms with Crippen molar-refractivity contribution in [2.75, 3.05) is 11.5 Å². The highest BCUT2D eigenvalue weighted by molar-refractivity contribution is 6.30. The number of halogens is 1. The van der Waals surface area contributed by atoms with Crippen LogP contribution < -0.4 is 4.90 Å². The zero-order valence-corrected chi connectivity index (χ0v) is 14.4. The maximum Gasteiger partial charge on any atom is 0.336 e. The van der Waals surface area contributed by atoms with Crippen molar-refractivity contribution in [3.05, 3.63) is 76.0 Å². The van der Waals surface area contributed by atoms with Crippen molar-refractivity contribution in [3.63, 3.8) is 0 Å². The maximum atomic E-state index is 12.9. The predicted molar refractivity (Wildman–Crippen MR) is 95.5 cm³/mol. The average molecular weight is 354 g/mol. The lowest BCUT2D eigenvalue weighted by Crippen LogP contribution is -2.37. The molecule has 0 unspecified atom stereocenters. The number of benzene rings is 2. The maximum absolute atomic E-state index is 12.9. The summed E-state index contributed by atoms with van der Waals surface area (Å²) in [6.07, 6.45) is 0.210. The van der Waals surface area contributed by atoms with Crippen LogP contribution in [0.25, 0.3) is 0 Å². The van der Waals surface area contributed by atoms with Gasteiger partial charge in [-0.2, -0.15) is 0 Å². The van der Waals surface area contributed by atoms with Crippen molar-refractivity contribution in [3.8, 4) is 0 Å². The van der Waals surface area contributed by atoms with Gasteiger partial charge in [0, 0.05) is 23.0 Å². The summed E-state index contributed by atoms with van der Waals surface area (Å²) in [7, 11) is 0. The van der Waals surface area contributed by atoms with Gasteiger partial charge in [-0.25, -0.2) is 4.79 Å². The van der Waals surface area contributed by atoms with Gasteiger partial charge in [0.05, 0.1) is 11.3 Å². The van der Waals surface area contributed by atoms with Crippen molar-refractivity contribution in [2.45, 2.75) is 19.3 Å². The van der Waals surface area contributed by atoms with Gasteiger partial charge >= 0.3 is 5.97 Å². The molecule has 4 nitrogen and oxygen atoms in total. The third-order valence-electron chi connectivity index (χ3n) is 4.66. The molecule has 0 saturated heterocycles. The Morgan fingerprint density at radius 3 is 2.60 bits per heavy atom. The van der Waals surface area contributed by atoms with Gasteiger partial charge in [-0.3, -0.25) is 9.69 Å². The second kappa shape index (κ2) is 6.05. The highest BCUT2D eigenvalue weighted by Gasteiger charge is 2.42. The lowest BCUT2D eigenvalue weighted by molar-refractivity contribution is -0.136. The molecule has 0 radical (unpaired) electrons. The van der Waals surface area contributed by atoms with Crippen molar-refractivity contribution in [1.29, 1.82) is 0 Å². The summed E-state index contributed by atoms with van der Waals surface area (Å²) >= 11 is 6.09. The highest BCUT2D eigenvalue weighted by Crippen LogP contribution is 2.42. The van der Waals surface area contributed by atoms with E-state index in [0.29, 0.717) is 16.3 Å². The summed E-state index contributed by atoms with van der Waals surface area (Å²) < 4.78 is 5.27. The van der Waals surface area contributed by atoms with E-state index in [1.54, 1.807) is 17.0 Å². The zero-order chi connectivity index (χ0) is 17.6. The Bertz CT molecular complexity index is 901. The molecule has 2 heterocycles. The topological polar surface area (TPSA) is 46.6 Å². The number of carbonyl (C=O) groups excluding carboxylic acids is 2. The smallest absolute Gasteiger partial charge is 0.336 e. The standard InChI is InChI=1S/C20H16ClNO3/c1-12-5-7-15(8-6-12)22-17-11-25-20(24)19(17)16(10-18(22)23)13-3-2-4-14(21)9-13/h2-9,16H,10-11H2,1H3/t16-/m0/s1. The molecule has 2 aromatic rings. The van der Waals surface area contributed by atoms with Crippen LogP contribution in [0.4, 0.5) is 5.69 Å². The van der Waals surface area contributed by atoms with E-state index in [0.717, 1.165) is 16.8 Å². The molecule has 1 atom stereocenters. The van der Waals surface area contributed by atoms with Crippen molar-refractivity contribution in [1.82, 2.24) is 0 Å². The first-order valence-electron chi connectivity index (χ1n) is 8.10. The van der Waals surface area contributed by atoms with E-state index in [1.807, 2.05) is 43.3 Å². The third-order valence-corrected chi connectivity index (χ3v) is 4.90. The van der Waals surface area contributed by atoms with Crippen LogP contribution in [-0.4, -0.2) is 18.5 Å². The van der Waals surface area contributed by atoms with Crippen molar-refractivity contribution >= 4 is 29.2 Å². The van der Waals surface area contributed by atoms with Crippen LogP contribution in [-0.2, 0) is 14.3 Å². The zero-order valence-electron chi connectivity index (χ0n) is 13.7. The highest BCUT2D eigenvalue weighted by atomic mass is 35.5. The number of hydrogen-bond donors (Lipinski definition) is 0. The molecule has 0 aromatic heterocycles. The van der Waals surface area contributed by atoms with Gasteiger partial charge in [-0.15, -0.1) is 0 Å². The molecule has 0 saturated carbocycles. The molecule has 2 aromatic carbocycles. The fourth-order valence-corrected chi connectivity index (χ4v) is 3.65. The van der Waals surface area contributed by atoms with Crippen LogP contribution in [0.5, 0.6) is 0 Å². The Labute approximate surface area is 150 Å². The number of aryl methyl sites for hydroxylation is 1. The lowest BCUT2D eigenvalue weighted by Gasteiger charge is -2.32. The number of carbonyl (C=O) groups is 2. The van der Waals surface area contributed by atoms with E-state index in [9.17, 15) is 9.59 Å². The van der Waals surface area contributed by atoms with Crippen LogP contribution in [0.1, 0.15) is 23.5 Å². The molecule has 5 heteroatoms. The quantitative estimate of drug-likeness (QED) is 0.767. The minimum Gasteiger partial charge on any atom is -0.456 e. The number of rotatable bonds is 2. The van der Waals surface area contributed by atoms with Gasteiger partial charge in [-0.05, 0) is 36.8 Å². The molecule has 4 rings (SSSR count). The number of anilines is 1. The fraction of sp³-hybridized carbons (Fsp3) is 0.200.